The lowest BCUT2D eigenvalue weighted by molar-refractivity contribution is 0.576. The van der Waals surface area contributed by atoms with Crippen LogP contribution in [0.5, 0.6) is 0 Å². The highest BCUT2D eigenvalue weighted by Crippen LogP contribution is 2.32. The van der Waals surface area contributed by atoms with Crippen LogP contribution in [-0.2, 0) is 0 Å². The Morgan fingerprint density at radius 1 is 1.05 bits per heavy atom. The number of rotatable bonds is 1. The minimum atomic E-state index is -0.554. The molecule has 0 aliphatic carbocycles. The van der Waals surface area contributed by atoms with Crippen molar-refractivity contribution in [3.8, 4) is 11.3 Å². The van der Waals surface area contributed by atoms with Crippen LogP contribution in [0, 0.1) is 18.6 Å². The summed E-state index contributed by atoms with van der Waals surface area (Å²) in [6, 6.07) is 12.9. The van der Waals surface area contributed by atoms with E-state index >= 15 is 0 Å². The number of hydrogen-bond donors (Lipinski definition) is 1. The third kappa shape index (κ3) is 1.80. The summed E-state index contributed by atoms with van der Waals surface area (Å²) in [5.41, 5.74) is 2.56. The van der Waals surface area contributed by atoms with Crippen LogP contribution in [0.3, 0.4) is 0 Å². The molecule has 0 bridgehead atoms. The largest absolute Gasteiger partial charge is 0.358 e. The zero-order valence-corrected chi connectivity index (χ0v) is 11.8. The molecule has 2 aromatic carbocycles. The van der Waals surface area contributed by atoms with E-state index in [1.807, 2.05) is 36.4 Å². The summed E-state index contributed by atoms with van der Waals surface area (Å²) in [6.45, 7) is 1.43. The Balaban J connectivity index is 2.00. The average Bonchev–Trinajstić information content (AvgIpc) is 2.96. The lowest BCUT2D eigenvalue weighted by Crippen LogP contribution is -1.90. The third-order valence-electron chi connectivity index (χ3n) is 3.97. The van der Waals surface area contributed by atoms with Gasteiger partial charge in [0.05, 0.1) is 16.7 Å². The number of pyridine rings is 1. The van der Waals surface area contributed by atoms with Gasteiger partial charge in [-0.15, -0.1) is 0 Å². The van der Waals surface area contributed by atoms with Crippen molar-refractivity contribution in [2.75, 3.05) is 0 Å². The molecule has 2 nitrogen and oxygen atoms in total. The Hall–Kier alpha value is -2.75. The Morgan fingerprint density at radius 3 is 2.73 bits per heavy atom. The summed E-state index contributed by atoms with van der Waals surface area (Å²) in [5, 5.41) is 1.53. The van der Waals surface area contributed by atoms with Gasteiger partial charge in [0.25, 0.3) is 0 Å². The molecule has 0 spiro atoms. The molecule has 0 aliphatic rings. The number of H-pyrrole nitrogens is 1. The van der Waals surface area contributed by atoms with Gasteiger partial charge in [0.15, 0.2) is 5.82 Å². The van der Waals surface area contributed by atoms with Crippen molar-refractivity contribution < 1.29 is 8.78 Å². The minimum Gasteiger partial charge on any atom is -0.358 e. The molecule has 4 rings (SSSR count). The summed E-state index contributed by atoms with van der Waals surface area (Å²) in [6.07, 6.45) is 1.67. The van der Waals surface area contributed by atoms with Gasteiger partial charge in [-0.2, -0.15) is 0 Å². The first-order valence-corrected chi connectivity index (χ1v) is 6.97. The highest BCUT2D eigenvalue weighted by molar-refractivity contribution is 5.96. The number of hydrogen-bond acceptors (Lipinski definition) is 1. The average molecular weight is 294 g/mol. The second kappa shape index (κ2) is 4.63. The second-order valence-electron chi connectivity index (χ2n) is 5.31. The summed E-state index contributed by atoms with van der Waals surface area (Å²) in [5.74, 6) is -1.10. The molecular weight excluding hydrogens is 282 g/mol. The van der Waals surface area contributed by atoms with E-state index in [9.17, 15) is 8.78 Å². The van der Waals surface area contributed by atoms with Crippen LogP contribution < -0.4 is 0 Å². The molecule has 1 N–H and O–H groups in total. The van der Waals surface area contributed by atoms with Crippen molar-refractivity contribution >= 4 is 21.8 Å². The molecule has 0 saturated heterocycles. The maximum absolute atomic E-state index is 14.1. The number of benzene rings is 2. The number of para-hydroxylation sites is 1. The first-order valence-electron chi connectivity index (χ1n) is 6.97. The summed E-state index contributed by atoms with van der Waals surface area (Å²) in [7, 11) is 0. The molecule has 0 unspecified atom stereocenters. The van der Waals surface area contributed by atoms with Crippen LogP contribution in [0.25, 0.3) is 33.1 Å². The predicted molar refractivity (Wildman–Crippen MR) is 83.7 cm³/mol. The fraction of sp³-hybridized carbons (Fsp3) is 0.0556. The van der Waals surface area contributed by atoms with Crippen molar-refractivity contribution in [2.45, 2.75) is 6.92 Å². The fourth-order valence-corrected chi connectivity index (χ4v) is 2.72. The lowest BCUT2D eigenvalue weighted by Gasteiger charge is -2.04. The normalized spacial score (nSPS) is 11.4. The summed E-state index contributed by atoms with van der Waals surface area (Å²) >= 11 is 0. The van der Waals surface area contributed by atoms with E-state index in [0.717, 1.165) is 10.9 Å². The van der Waals surface area contributed by atoms with Gasteiger partial charge >= 0.3 is 0 Å². The lowest BCUT2D eigenvalue weighted by atomic mass is 10.1. The van der Waals surface area contributed by atoms with Gasteiger partial charge in [0.1, 0.15) is 5.82 Å². The first-order chi connectivity index (χ1) is 10.6. The highest BCUT2D eigenvalue weighted by atomic mass is 19.1. The molecule has 22 heavy (non-hydrogen) atoms. The van der Waals surface area contributed by atoms with Gasteiger partial charge in [-0.25, -0.2) is 13.8 Å². The van der Waals surface area contributed by atoms with Crippen LogP contribution in [0.4, 0.5) is 8.78 Å². The zero-order chi connectivity index (χ0) is 15.3. The molecule has 0 saturated carbocycles. The first kappa shape index (κ1) is 13.0. The standard InChI is InChI=1S/C18H12F2N2/c1-10-14(19)8-12-13(9-21-18(12)17(10)20)16-7-6-11-4-2-3-5-15(11)22-16/h2-9,21H,1H3. The maximum Gasteiger partial charge on any atom is 0.153 e. The van der Waals surface area contributed by atoms with Gasteiger partial charge < -0.3 is 4.98 Å². The van der Waals surface area contributed by atoms with E-state index in [1.165, 1.54) is 13.0 Å². The molecule has 2 aromatic heterocycles. The van der Waals surface area contributed by atoms with Crippen LogP contribution in [0.2, 0.25) is 0 Å². The molecular formula is C18H12F2N2. The molecule has 2 heterocycles. The molecule has 0 atom stereocenters. The molecule has 0 fully saturated rings. The van der Waals surface area contributed by atoms with Crippen molar-refractivity contribution in [1.29, 1.82) is 0 Å². The monoisotopic (exact) mass is 294 g/mol. The van der Waals surface area contributed by atoms with Gasteiger partial charge in [0, 0.05) is 28.1 Å². The SMILES string of the molecule is Cc1c(F)cc2c(-c3ccc4ccccc4n3)c[nH]c2c1F. The van der Waals surface area contributed by atoms with Gasteiger partial charge in [0.2, 0.25) is 0 Å². The van der Waals surface area contributed by atoms with E-state index in [-0.39, 0.29) is 5.56 Å². The van der Waals surface area contributed by atoms with Crippen LogP contribution >= 0.6 is 0 Å². The van der Waals surface area contributed by atoms with E-state index in [1.54, 1.807) is 6.20 Å². The molecule has 0 amide bonds. The van der Waals surface area contributed by atoms with Gasteiger partial charge in [-0.3, -0.25) is 0 Å². The summed E-state index contributed by atoms with van der Waals surface area (Å²) < 4.78 is 28.0. The number of aromatic amines is 1. The summed E-state index contributed by atoms with van der Waals surface area (Å²) in [4.78, 5) is 7.47. The Kier molecular flexibility index (Phi) is 2.73. The van der Waals surface area contributed by atoms with Crippen LogP contribution in [-0.4, -0.2) is 9.97 Å². The second-order valence-corrected chi connectivity index (χ2v) is 5.31. The Labute approximate surface area is 125 Å². The molecule has 0 aliphatic heterocycles. The minimum absolute atomic E-state index is 0.0207. The van der Waals surface area contributed by atoms with Crippen molar-refractivity contribution in [3.63, 3.8) is 0 Å². The van der Waals surface area contributed by atoms with Crippen LogP contribution in [0.15, 0.2) is 48.7 Å². The van der Waals surface area contributed by atoms with Gasteiger partial charge in [-0.05, 0) is 25.1 Å². The Morgan fingerprint density at radius 2 is 1.86 bits per heavy atom. The highest BCUT2D eigenvalue weighted by Gasteiger charge is 2.15. The van der Waals surface area contributed by atoms with Gasteiger partial charge in [-0.1, -0.05) is 24.3 Å². The number of nitrogens with one attached hydrogen (secondary N) is 1. The number of aromatic nitrogens is 2. The quantitative estimate of drug-likeness (QED) is 0.527. The van der Waals surface area contributed by atoms with Crippen molar-refractivity contribution in [1.82, 2.24) is 9.97 Å². The van der Waals surface area contributed by atoms with Crippen molar-refractivity contribution in [2.24, 2.45) is 0 Å². The third-order valence-corrected chi connectivity index (χ3v) is 3.97. The predicted octanol–water partition coefficient (Wildman–Crippen LogP) is 4.97. The molecule has 4 heteroatoms. The number of fused-ring (bicyclic) bond motifs is 2. The van der Waals surface area contributed by atoms with Crippen LogP contribution in [0.1, 0.15) is 5.56 Å². The van der Waals surface area contributed by atoms with E-state index < -0.39 is 11.6 Å². The van der Waals surface area contributed by atoms with E-state index in [2.05, 4.69) is 9.97 Å². The van der Waals surface area contributed by atoms with E-state index in [4.69, 9.17) is 0 Å². The number of halogens is 2. The number of nitrogens with zero attached hydrogens (tertiary/aromatic N) is 1. The molecule has 108 valence electrons. The van der Waals surface area contributed by atoms with E-state index in [0.29, 0.717) is 22.2 Å². The topological polar surface area (TPSA) is 28.7 Å². The van der Waals surface area contributed by atoms with Crippen molar-refractivity contribution in [3.05, 3.63) is 65.9 Å². The fourth-order valence-electron chi connectivity index (χ4n) is 2.72. The molecule has 4 aromatic rings. The maximum atomic E-state index is 14.1. The smallest absolute Gasteiger partial charge is 0.153 e. The Bertz CT molecular complexity index is 1020. The zero-order valence-electron chi connectivity index (χ0n) is 11.8. The molecule has 0 radical (unpaired) electrons.